The summed E-state index contributed by atoms with van der Waals surface area (Å²) in [6, 6.07) is 4.36. The van der Waals surface area contributed by atoms with Crippen molar-refractivity contribution in [2.45, 2.75) is 18.9 Å². The molecule has 0 atom stereocenters. The first-order valence-corrected chi connectivity index (χ1v) is 9.06. The Labute approximate surface area is 147 Å². The van der Waals surface area contributed by atoms with Crippen molar-refractivity contribution in [3.63, 3.8) is 0 Å². The molecule has 4 aromatic heterocycles. The second-order valence-corrected chi connectivity index (χ2v) is 7.02. The van der Waals surface area contributed by atoms with Gasteiger partial charge in [-0.3, -0.25) is 4.98 Å². The summed E-state index contributed by atoms with van der Waals surface area (Å²) in [6.07, 6.45) is 11.3. The average Bonchev–Trinajstić information content (AvgIpc) is 3.39. The predicted octanol–water partition coefficient (Wildman–Crippen LogP) is 2.29. The number of fused-ring (bicyclic) bond motifs is 1. The number of imidazole rings is 1. The highest BCUT2D eigenvalue weighted by molar-refractivity contribution is 7.20. The molecular formula is C16H16N8S. The van der Waals surface area contributed by atoms with Crippen molar-refractivity contribution in [3.05, 3.63) is 43.1 Å². The van der Waals surface area contributed by atoms with E-state index < -0.39 is 0 Å². The van der Waals surface area contributed by atoms with Crippen LogP contribution < -0.4 is 4.90 Å². The Morgan fingerprint density at radius 3 is 2.80 bits per heavy atom. The van der Waals surface area contributed by atoms with Gasteiger partial charge < -0.3 is 4.90 Å². The molecule has 25 heavy (non-hydrogen) atoms. The maximum absolute atomic E-state index is 4.71. The summed E-state index contributed by atoms with van der Waals surface area (Å²) in [6.45, 7) is 1.94. The molecule has 0 aliphatic carbocycles. The van der Waals surface area contributed by atoms with Crippen LogP contribution in [0.4, 0.5) is 5.13 Å². The van der Waals surface area contributed by atoms with Gasteiger partial charge in [-0.2, -0.15) is 0 Å². The zero-order valence-electron chi connectivity index (χ0n) is 13.4. The molecule has 1 aliphatic rings. The molecule has 0 bridgehead atoms. The smallest absolute Gasteiger partial charge is 0.214 e. The van der Waals surface area contributed by atoms with Gasteiger partial charge in [0.25, 0.3) is 0 Å². The number of piperidine rings is 1. The van der Waals surface area contributed by atoms with E-state index in [1.54, 1.807) is 23.7 Å². The summed E-state index contributed by atoms with van der Waals surface area (Å²) >= 11 is 1.63. The predicted molar refractivity (Wildman–Crippen MR) is 94.6 cm³/mol. The third-order valence-electron chi connectivity index (χ3n) is 4.54. The Hall–Kier alpha value is -2.81. The summed E-state index contributed by atoms with van der Waals surface area (Å²) in [7, 11) is 0. The zero-order chi connectivity index (χ0) is 16.6. The van der Waals surface area contributed by atoms with Crippen LogP contribution in [0, 0.1) is 0 Å². The summed E-state index contributed by atoms with van der Waals surface area (Å²) in [5.74, 6) is 0. The van der Waals surface area contributed by atoms with Crippen LogP contribution in [0.2, 0.25) is 0 Å². The van der Waals surface area contributed by atoms with E-state index in [0.29, 0.717) is 6.04 Å². The van der Waals surface area contributed by atoms with E-state index in [9.17, 15) is 0 Å². The molecule has 0 unspecified atom stereocenters. The lowest BCUT2D eigenvalue weighted by Crippen LogP contribution is -2.34. The molecule has 8 nitrogen and oxygen atoms in total. The summed E-state index contributed by atoms with van der Waals surface area (Å²) < 4.78 is 3.83. The SMILES string of the molecule is c1cncc(-c2cn3nc(N4CCC(n5ccnn5)CC4)sc3n2)c1. The van der Waals surface area contributed by atoms with E-state index in [2.05, 4.69) is 25.2 Å². The average molecular weight is 352 g/mol. The molecule has 0 spiro atoms. The van der Waals surface area contributed by atoms with E-state index >= 15 is 0 Å². The van der Waals surface area contributed by atoms with Gasteiger partial charge in [0.05, 0.1) is 24.1 Å². The van der Waals surface area contributed by atoms with Gasteiger partial charge >= 0.3 is 0 Å². The highest BCUT2D eigenvalue weighted by atomic mass is 32.1. The molecule has 0 saturated carbocycles. The number of hydrogen-bond donors (Lipinski definition) is 0. The van der Waals surface area contributed by atoms with Gasteiger partial charge in [0.2, 0.25) is 10.1 Å². The summed E-state index contributed by atoms with van der Waals surface area (Å²) in [5, 5.41) is 13.8. The molecule has 1 saturated heterocycles. The minimum atomic E-state index is 0.431. The van der Waals surface area contributed by atoms with Crippen LogP contribution >= 0.6 is 11.3 Å². The number of anilines is 1. The minimum absolute atomic E-state index is 0.431. The fraction of sp³-hybridized carbons (Fsp3) is 0.312. The summed E-state index contributed by atoms with van der Waals surface area (Å²) in [4.78, 5) is 12.1. The van der Waals surface area contributed by atoms with Gasteiger partial charge in [-0.05, 0) is 25.0 Å². The topological polar surface area (TPSA) is 77.0 Å². The Morgan fingerprint density at radius 2 is 2.08 bits per heavy atom. The first-order valence-electron chi connectivity index (χ1n) is 8.24. The number of rotatable bonds is 3. The van der Waals surface area contributed by atoms with E-state index in [1.807, 2.05) is 39.9 Å². The zero-order valence-corrected chi connectivity index (χ0v) is 14.2. The number of nitrogens with zero attached hydrogens (tertiary/aromatic N) is 8. The number of hydrogen-bond acceptors (Lipinski definition) is 7. The van der Waals surface area contributed by atoms with Crippen molar-refractivity contribution in [1.29, 1.82) is 0 Å². The second kappa shape index (κ2) is 5.92. The fourth-order valence-corrected chi connectivity index (χ4v) is 4.14. The van der Waals surface area contributed by atoms with Crippen molar-refractivity contribution in [2.75, 3.05) is 18.0 Å². The lowest BCUT2D eigenvalue weighted by Gasteiger charge is -2.31. The van der Waals surface area contributed by atoms with Crippen LogP contribution in [-0.2, 0) is 0 Å². The molecule has 0 radical (unpaired) electrons. The van der Waals surface area contributed by atoms with E-state index in [4.69, 9.17) is 5.10 Å². The van der Waals surface area contributed by atoms with Crippen LogP contribution in [0.3, 0.4) is 0 Å². The number of aromatic nitrogens is 7. The molecule has 0 N–H and O–H groups in total. The van der Waals surface area contributed by atoms with Crippen LogP contribution in [0.25, 0.3) is 16.2 Å². The molecule has 4 aromatic rings. The number of pyridine rings is 1. The Kier molecular flexibility index (Phi) is 3.44. The second-order valence-electron chi connectivity index (χ2n) is 6.08. The van der Waals surface area contributed by atoms with Crippen LogP contribution in [-0.4, -0.2) is 47.7 Å². The molecule has 1 aliphatic heterocycles. The highest BCUT2D eigenvalue weighted by Gasteiger charge is 2.23. The molecule has 126 valence electrons. The van der Waals surface area contributed by atoms with Gasteiger partial charge in [0, 0.05) is 37.2 Å². The van der Waals surface area contributed by atoms with Crippen LogP contribution in [0.1, 0.15) is 18.9 Å². The molecule has 5 rings (SSSR count). The monoisotopic (exact) mass is 352 g/mol. The van der Waals surface area contributed by atoms with Crippen LogP contribution in [0.5, 0.6) is 0 Å². The molecular weight excluding hydrogens is 336 g/mol. The van der Waals surface area contributed by atoms with Crippen molar-refractivity contribution >= 4 is 21.4 Å². The maximum atomic E-state index is 4.71. The molecule has 0 aromatic carbocycles. The highest BCUT2D eigenvalue weighted by Crippen LogP contribution is 2.30. The first-order chi connectivity index (χ1) is 12.4. The molecule has 9 heteroatoms. The standard InChI is InChI=1S/C16H16N8S/c1-2-12(10-17-5-1)14-11-24-15(19-14)25-16(20-24)22-7-3-13(4-8-22)23-9-6-18-21-23/h1-2,5-6,9-11,13H,3-4,7-8H2. The quantitative estimate of drug-likeness (QED) is 0.563. The Morgan fingerprint density at radius 1 is 1.16 bits per heavy atom. The van der Waals surface area contributed by atoms with E-state index in [1.165, 1.54) is 0 Å². The lowest BCUT2D eigenvalue weighted by atomic mass is 10.1. The normalized spacial score (nSPS) is 15.9. The van der Waals surface area contributed by atoms with Gasteiger partial charge in [-0.25, -0.2) is 14.2 Å². The van der Waals surface area contributed by atoms with Crippen molar-refractivity contribution in [3.8, 4) is 11.3 Å². The Balaban J connectivity index is 1.33. The van der Waals surface area contributed by atoms with Gasteiger partial charge in [0.1, 0.15) is 0 Å². The Bertz CT molecular complexity index is 935. The summed E-state index contributed by atoms with van der Waals surface area (Å²) in [5.41, 5.74) is 1.92. The maximum Gasteiger partial charge on any atom is 0.214 e. The minimum Gasteiger partial charge on any atom is -0.347 e. The van der Waals surface area contributed by atoms with E-state index in [0.717, 1.165) is 47.3 Å². The van der Waals surface area contributed by atoms with Gasteiger partial charge in [0.15, 0.2) is 0 Å². The van der Waals surface area contributed by atoms with Crippen LogP contribution in [0.15, 0.2) is 43.1 Å². The molecule has 0 amide bonds. The lowest BCUT2D eigenvalue weighted by molar-refractivity contribution is 0.359. The molecule has 1 fully saturated rings. The van der Waals surface area contributed by atoms with Gasteiger partial charge in [-0.1, -0.05) is 16.6 Å². The largest absolute Gasteiger partial charge is 0.347 e. The van der Waals surface area contributed by atoms with Gasteiger partial charge in [-0.15, -0.1) is 10.2 Å². The van der Waals surface area contributed by atoms with Crippen molar-refractivity contribution in [1.82, 2.24) is 34.6 Å². The third-order valence-corrected chi connectivity index (χ3v) is 5.52. The first kappa shape index (κ1) is 14.5. The third kappa shape index (κ3) is 2.66. The molecule has 5 heterocycles. The van der Waals surface area contributed by atoms with Crippen molar-refractivity contribution in [2.24, 2.45) is 0 Å². The van der Waals surface area contributed by atoms with E-state index in [-0.39, 0.29) is 0 Å². The fourth-order valence-electron chi connectivity index (χ4n) is 3.20. The van der Waals surface area contributed by atoms with Crippen molar-refractivity contribution < 1.29 is 0 Å².